The first-order valence-corrected chi connectivity index (χ1v) is 10.5. The molecule has 0 aliphatic carbocycles. The lowest BCUT2D eigenvalue weighted by molar-refractivity contribution is -0.135. The highest BCUT2D eigenvalue weighted by molar-refractivity contribution is 5.95. The highest BCUT2D eigenvalue weighted by atomic mass is 16.2. The number of amides is 3. The summed E-state index contributed by atoms with van der Waals surface area (Å²) in [5.74, 6) is 0.182. The molecule has 154 valence electrons. The Morgan fingerprint density at radius 1 is 1.07 bits per heavy atom. The van der Waals surface area contributed by atoms with E-state index >= 15 is 0 Å². The average Bonchev–Trinajstić information content (AvgIpc) is 3.20. The molecule has 2 saturated heterocycles. The van der Waals surface area contributed by atoms with Crippen LogP contribution in [0.25, 0.3) is 0 Å². The number of hydrogen-bond donors (Lipinski definition) is 1. The summed E-state index contributed by atoms with van der Waals surface area (Å²) in [6, 6.07) is 3.43. The Kier molecular flexibility index (Phi) is 5.65. The molecule has 0 radical (unpaired) electrons. The molecule has 0 saturated carbocycles. The van der Waals surface area contributed by atoms with Crippen LogP contribution in [-0.4, -0.2) is 64.7 Å². The van der Waals surface area contributed by atoms with Crippen molar-refractivity contribution in [1.82, 2.24) is 20.1 Å². The van der Waals surface area contributed by atoms with E-state index in [0.29, 0.717) is 38.0 Å². The van der Waals surface area contributed by atoms with Gasteiger partial charge in [0.2, 0.25) is 11.8 Å². The van der Waals surface area contributed by atoms with E-state index in [1.807, 2.05) is 34.9 Å². The minimum atomic E-state index is -0.375. The molecule has 7 heteroatoms. The van der Waals surface area contributed by atoms with Crippen molar-refractivity contribution in [3.63, 3.8) is 0 Å². The van der Waals surface area contributed by atoms with Gasteiger partial charge in [0.25, 0.3) is 5.91 Å². The van der Waals surface area contributed by atoms with Gasteiger partial charge in [0.05, 0.1) is 11.3 Å². The predicted octanol–water partition coefficient (Wildman–Crippen LogP) is 1.78. The molecule has 2 fully saturated rings. The topological polar surface area (TPSA) is 82.6 Å². The smallest absolute Gasteiger partial charge is 0.256 e. The van der Waals surface area contributed by atoms with Crippen molar-refractivity contribution >= 4 is 17.7 Å². The van der Waals surface area contributed by atoms with Gasteiger partial charge in [-0.1, -0.05) is 12.2 Å². The van der Waals surface area contributed by atoms with E-state index in [2.05, 4.69) is 11.4 Å². The van der Waals surface area contributed by atoms with Gasteiger partial charge in [-0.05, 0) is 44.7 Å². The number of rotatable bonds is 3. The van der Waals surface area contributed by atoms with Crippen LogP contribution in [0.4, 0.5) is 0 Å². The maximum Gasteiger partial charge on any atom is 0.256 e. The van der Waals surface area contributed by atoms with E-state index in [4.69, 9.17) is 4.98 Å². The van der Waals surface area contributed by atoms with Crippen LogP contribution in [0.15, 0.2) is 24.3 Å². The van der Waals surface area contributed by atoms with Gasteiger partial charge in [0.1, 0.15) is 6.04 Å². The summed E-state index contributed by atoms with van der Waals surface area (Å²) in [6.45, 7) is 4.59. The van der Waals surface area contributed by atoms with Crippen molar-refractivity contribution in [1.29, 1.82) is 0 Å². The summed E-state index contributed by atoms with van der Waals surface area (Å²) in [6.07, 6.45) is 7.61. The molecule has 3 aliphatic rings. The number of carbonyl (C=O) groups excluding carboxylic acids is 3. The third-order valence-electron chi connectivity index (χ3n) is 6.13. The first-order valence-electron chi connectivity index (χ1n) is 10.5. The Morgan fingerprint density at radius 2 is 1.86 bits per heavy atom. The lowest BCUT2D eigenvalue weighted by atomic mass is 9.89. The van der Waals surface area contributed by atoms with Gasteiger partial charge in [-0.3, -0.25) is 19.4 Å². The minimum Gasteiger partial charge on any atom is -0.344 e. The molecule has 4 heterocycles. The van der Waals surface area contributed by atoms with Gasteiger partial charge in [-0.15, -0.1) is 0 Å². The zero-order valence-corrected chi connectivity index (χ0v) is 16.9. The van der Waals surface area contributed by atoms with E-state index in [-0.39, 0.29) is 29.7 Å². The molecule has 0 aromatic carbocycles. The summed E-state index contributed by atoms with van der Waals surface area (Å²) in [5, 5.41) is 2.76. The Hall–Kier alpha value is -2.70. The van der Waals surface area contributed by atoms with Crippen LogP contribution in [0.3, 0.4) is 0 Å². The number of carbonyl (C=O) groups is 3. The van der Waals surface area contributed by atoms with Crippen LogP contribution < -0.4 is 5.32 Å². The molecule has 1 N–H and O–H groups in total. The normalized spacial score (nSPS) is 22.7. The number of aromatic nitrogens is 1. The van der Waals surface area contributed by atoms with Gasteiger partial charge in [0, 0.05) is 44.2 Å². The maximum absolute atomic E-state index is 13.1. The van der Waals surface area contributed by atoms with E-state index in [0.717, 1.165) is 37.2 Å². The number of likely N-dealkylation sites (tertiary alicyclic amines) is 1. The molecule has 1 atom stereocenters. The molecule has 0 bridgehead atoms. The Morgan fingerprint density at radius 3 is 2.52 bits per heavy atom. The first kappa shape index (κ1) is 19.6. The highest BCUT2D eigenvalue weighted by Crippen LogP contribution is 2.31. The van der Waals surface area contributed by atoms with Crippen LogP contribution in [0.1, 0.15) is 59.8 Å². The van der Waals surface area contributed by atoms with Crippen molar-refractivity contribution in [2.75, 3.05) is 26.2 Å². The van der Waals surface area contributed by atoms with Crippen LogP contribution in [0, 0.1) is 6.92 Å². The molecule has 4 rings (SSSR count). The number of pyridine rings is 1. The molecule has 3 amide bonds. The van der Waals surface area contributed by atoms with Crippen LogP contribution in [-0.2, 0) is 9.59 Å². The summed E-state index contributed by atoms with van der Waals surface area (Å²) < 4.78 is 0. The summed E-state index contributed by atoms with van der Waals surface area (Å²) in [4.78, 5) is 45.6. The van der Waals surface area contributed by atoms with E-state index in [1.54, 1.807) is 0 Å². The van der Waals surface area contributed by atoms with Gasteiger partial charge in [-0.2, -0.15) is 0 Å². The predicted molar refractivity (Wildman–Crippen MR) is 108 cm³/mol. The van der Waals surface area contributed by atoms with Crippen LogP contribution >= 0.6 is 0 Å². The van der Waals surface area contributed by atoms with E-state index in [1.165, 1.54) is 0 Å². The summed E-state index contributed by atoms with van der Waals surface area (Å²) >= 11 is 0. The molecule has 1 aromatic rings. The van der Waals surface area contributed by atoms with Crippen molar-refractivity contribution in [2.24, 2.45) is 0 Å². The van der Waals surface area contributed by atoms with Crippen molar-refractivity contribution < 1.29 is 14.4 Å². The fourth-order valence-corrected chi connectivity index (χ4v) is 4.46. The SMILES string of the molecule is Cc1ccc(C(=O)N2CC=CCC2)c(C2CCN(C(=O)C3CCC(=O)N3)CC2)n1. The summed E-state index contributed by atoms with van der Waals surface area (Å²) in [5.41, 5.74) is 2.46. The van der Waals surface area contributed by atoms with Gasteiger partial charge >= 0.3 is 0 Å². The van der Waals surface area contributed by atoms with E-state index in [9.17, 15) is 14.4 Å². The number of hydrogen-bond acceptors (Lipinski definition) is 4. The number of aryl methyl sites for hydroxylation is 1. The Bertz CT molecular complexity index is 842. The Labute approximate surface area is 171 Å². The number of nitrogens with one attached hydrogen (secondary N) is 1. The summed E-state index contributed by atoms with van der Waals surface area (Å²) in [7, 11) is 0. The van der Waals surface area contributed by atoms with Gasteiger partial charge < -0.3 is 15.1 Å². The number of nitrogens with zero attached hydrogens (tertiary/aromatic N) is 3. The fraction of sp³-hybridized carbons (Fsp3) is 0.545. The lowest BCUT2D eigenvalue weighted by Gasteiger charge is -2.34. The van der Waals surface area contributed by atoms with Gasteiger partial charge in [-0.25, -0.2) is 0 Å². The van der Waals surface area contributed by atoms with Gasteiger partial charge in [0.15, 0.2) is 0 Å². The molecule has 1 aromatic heterocycles. The average molecular weight is 396 g/mol. The second-order valence-corrected chi connectivity index (χ2v) is 8.16. The second kappa shape index (κ2) is 8.35. The Balaban J connectivity index is 1.46. The number of piperidine rings is 1. The lowest BCUT2D eigenvalue weighted by Crippen LogP contribution is -2.47. The fourth-order valence-electron chi connectivity index (χ4n) is 4.46. The molecule has 0 spiro atoms. The molecule has 7 nitrogen and oxygen atoms in total. The molecule has 1 unspecified atom stereocenters. The minimum absolute atomic E-state index is 0.0166. The molecular weight excluding hydrogens is 368 g/mol. The molecule has 3 aliphatic heterocycles. The second-order valence-electron chi connectivity index (χ2n) is 8.16. The third-order valence-corrected chi connectivity index (χ3v) is 6.13. The van der Waals surface area contributed by atoms with E-state index < -0.39 is 0 Å². The standard InChI is InChI=1S/C22H28N4O3/c1-15-5-6-17(21(28)25-11-3-2-4-12-25)20(23-15)16-9-13-26(14-10-16)22(29)18-7-8-19(27)24-18/h2-3,5-6,16,18H,4,7-14H2,1H3,(H,24,27). The van der Waals surface area contributed by atoms with Crippen LogP contribution in [0.2, 0.25) is 0 Å². The van der Waals surface area contributed by atoms with Crippen molar-refractivity contribution in [3.8, 4) is 0 Å². The quantitative estimate of drug-likeness (QED) is 0.790. The maximum atomic E-state index is 13.1. The zero-order valence-electron chi connectivity index (χ0n) is 16.9. The van der Waals surface area contributed by atoms with Crippen LogP contribution in [0.5, 0.6) is 0 Å². The molecular formula is C22H28N4O3. The molecule has 29 heavy (non-hydrogen) atoms. The first-order chi connectivity index (χ1) is 14.0. The van der Waals surface area contributed by atoms with Crippen molar-refractivity contribution in [2.45, 2.75) is 51.0 Å². The third kappa shape index (κ3) is 4.18. The largest absolute Gasteiger partial charge is 0.344 e. The zero-order chi connectivity index (χ0) is 20.4. The van der Waals surface area contributed by atoms with Crippen molar-refractivity contribution in [3.05, 3.63) is 41.2 Å². The highest BCUT2D eigenvalue weighted by Gasteiger charge is 2.34. The monoisotopic (exact) mass is 396 g/mol.